The van der Waals surface area contributed by atoms with E-state index in [0.29, 0.717) is 5.95 Å². The Hall–Kier alpha value is -2.17. The molecule has 5 nitrogen and oxygen atoms in total. The number of benzene rings is 1. The van der Waals surface area contributed by atoms with Crippen LogP contribution in [-0.4, -0.2) is 35.6 Å². The van der Waals surface area contributed by atoms with Gasteiger partial charge in [0.15, 0.2) is 0 Å². The SMILES string of the molecule is COC(=O)CN(c1ncc2ccccc2n1)C(C)C. The van der Waals surface area contributed by atoms with Crippen molar-refractivity contribution in [1.29, 1.82) is 0 Å². The van der Waals surface area contributed by atoms with Crippen LogP contribution in [0.5, 0.6) is 0 Å². The topological polar surface area (TPSA) is 55.3 Å². The van der Waals surface area contributed by atoms with Crippen LogP contribution in [0.4, 0.5) is 5.95 Å². The molecule has 1 heterocycles. The Kier molecular flexibility index (Phi) is 3.94. The molecule has 0 bridgehead atoms. The molecule has 19 heavy (non-hydrogen) atoms. The van der Waals surface area contributed by atoms with Gasteiger partial charge in [0.2, 0.25) is 5.95 Å². The molecular weight excluding hydrogens is 242 g/mol. The normalized spacial score (nSPS) is 10.7. The van der Waals surface area contributed by atoms with Crippen molar-refractivity contribution in [2.24, 2.45) is 0 Å². The molecule has 0 N–H and O–H groups in total. The summed E-state index contributed by atoms with van der Waals surface area (Å²) in [6.45, 7) is 4.12. The second-order valence-electron chi connectivity index (χ2n) is 4.53. The van der Waals surface area contributed by atoms with E-state index in [4.69, 9.17) is 4.74 Å². The molecule has 0 spiro atoms. The number of fused-ring (bicyclic) bond motifs is 1. The van der Waals surface area contributed by atoms with Crippen LogP contribution in [0.1, 0.15) is 13.8 Å². The molecule has 0 aliphatic rings. The van der Waals surface area contributed by atoms with Gasteiger partial charge >= 0.3 is 5.97 Å². The molecule has 5 heteroatoms. The number of hydrogen-bond acceptors (Lipinski definition) is 5. The lowest BCUT2D eigenvalue weighted by molar-refractivity contribution is -0.139. The van der Waals surface area contributed by atoms with Gasteiger partial charge in [-0.05, 0) is 19.9 Å². The zero-order chi connectivity index (χ0) is 13.8. The van der Waals surface area contributed by atoms with E-state index < -0.39 is 0 Å². The van der Waals surface area contributed by atoms with Crippen LogP contribution in [0.3, 0.4) is 0 Å². The Labute approximate surface area is 112 Å². The van der Waals surface area contributed by atoms with Crippen LogP contribution < -0.4 is 4.90 Å². The summed E-state index contributed by atoms with van der Waals surface area (Å²) in [7, 11) is 1.38. The molecular formula is C14H17N3O2. The first-order valence-corrected chi connectivity index (χ1v) is 6.17. The lowest BCUT2D eigenvalue weighted by Gasteiger charge is -2.25. The Balaban J connectivity index is 2.36. The molecule has 0 fully saturated rings. The monoisotopic (exact) mass is 259 g/mol. The first-order valence-electron chi connectivity index (χ1n) is 6.17. The minimum absolute atomic E-state index is 0.111. The number of para-hydroxylation sites is 1. The molecule has 1 aromatic heterocycles. The molecule has 0 aliphatic heterocycles. The molecule has 0 saturated carbocycles. The Morgan fingerprint density at radius 2 is 2.11 bits per heavy atom. The van der Waals surface area contributed by atoms with Gasteiger partial charge in [0.05, 0.1) is 12.6 Å². The van der Waals surface area contributed by atoms with Crippen molar-refractivity contribution in [1.82, 2.24) is 9.97 Å². The number of ether oxygens (including phenoxy) is 1. The molecule has 1 aromatic carbocycles. The van der Waals surface area contributed by atoms with E-state index in [2.05, 4.69) is 9.97 Å². The van der Waals surface area contributed by atoms with Gasteiger partial charge in [-0.2, -0.15) is 0 Å². The zero-order valence-corrected chi connectivity index (χ0v) is 11.3. The average Bonchev–Trinajstić information content (AvgIpc) is 2.43. The maximum Gasteiger partial charge on any atom is 0.325 e. The highest BCUT2D eigenvalue weighted by molar-refractivity contribution is 5.79. The molecule has 100 valence electrons. The Morgan fingerprint density at radius 3 is 2.79 bits per heavy atom. The summed E-state index contributed by atoms with van der Waals surface area (Å²) < 4.78 is 4.70. The molecule has 0 aliphatic carbocycles. The Bertz CT molecular complexity index is 584. The number of aromatic nitrogens is 2. The van der Waals surface area contributed by atoms with Crippen molar-refractivity contribution in [3.63, 3.8) is 0 Å². The summed E-state index contributed by atoms with van der Waals surface area (Å²) in [6, 6.07) is 7.87. The fourth-order valence-corrected chi connectivity index (χ4v) is 1.79. The second-order valence-corrected chi connectivity index (χ2v) is 4.53. The molecule has 0 radical (unpaired) electrons. The minimum atomic E-state index is -0.301. The fourth-order valence-electron chi connectivity index (χ4n) is 1.79. The van der Waals surface area contributed by atoms with Crippen molar-refractivity contribution in [2.45, 2.75) is 19.9 Å². The lowest BCUT2D eigenvalue weighted by Crippen LogP contribution is -2.37. The molecule has 2 aromatic rings. The van der Waals surface area contributed by atoms with E-state index in [1.807, 2.05) is 43.0 Å². The van der Waals surface area contributed by atoms with Gasteiger partial charge in [0.25, 0.3) is 0 Å². The maximum absolute atomic E-state index is 11.4. The number of nitrogens with zero attached hydrogens (tertiary/aromatic N) is 3. The summed E-state index contributed by atoms with van der Waals surface area (Å²) in [6.07, 6.45) is 1.77. The van der Waals surface area contributed by atoms with Gasteiger partial charge in [0, 0.05) is 17.6 Å². The quantitative estimate of drug-likeness (QED) is 0.786. The number of methoxy groups -OCH3 is 1. The predicted molar refractivity (Wildman–Crippen MR) is 74.0 cm³/mol. The Morgan fingerprint density at radius 1 is 1.37 bits per heavy atom. The lowest BCUT2D eigenvalue weighted by atomic mass is 10.2. The summed E-state index contributed by atoms with van der Waals surface area (Å²) in [4.78, 5) is 22.1. The summed E-state index contributed by atoms with van der Waals surface area (Å²) in [5.41, 5.74) is 0.864. The van der Waals surface area contributed by atoms with Crippen molar-refractivity contribution in [2.75, 3.05) is 18.6 Å². The minimum Gasteiger partial charge on any atom is -0.468 e. The number of carbonyl (C=O) groups is 1. The van der Waals surface area contributed by atoms with Crippen LogP contribution in [0.25, 0.3) is 10.9 Å². The first-order chi connectivity index (χ1) is 9.11. The third-order valence-corrected chi connectivity index (χ3v) is 2.88. The number of esters is 1. The van der Waals surface area contributed by atoms with Gasteiger partial charge in [-0.1, -0.05) is 18.2 Å². The van der Waals surface area contributed by atoms with Crippen LogP contribution >= 0.6 is 0 Å². The highest BCUT2D eigenvalue weighted by atomic mass is 16.5. The van der Waals surface area contributed by atoms with Crippen molar-refractivity contribution < 1.29 is 9.53 Å². The van der Waals surface area contributed by atoms with E-state index >= 15 is 0 Å². The third-order valence-electron chi connectivity index (χ3n) is 2.88. The second kappa shape index (κ2) is 5.65. The van der Waals surface area contributed by atoms with Crippen molar-refractivity contribution in [3.8, 4) is 0 Å². The molecule has 0 atom stereocenters. The number of rotatable bonds is 4. The maximum atomic E-state index is 11.4. The third kappa shape index (κ3) is 2.99. The van der Waals surface area contributed by atoms with Crippen molar-refractivity contribution >= 4 is 22.8 Å². The van der Waals surface area contributed by atoms with Gasteiger partial charge in [-0.15, -0.1) is 0 Å². The number of hydrogen-bond donors (Lipinski definition) is 0. The summed E-state index contributed by atoms with van der Waals surface area (Å²) >= 11 is 0. The van der Waals surface area contributed by atoms with Crippen molar-refractivity contribution in [3.05, 3.63) is 30.5 Å². The summed E-state index contributed by atoms with van der Waals surface area (Å²) in [5.74, 6) is 0.240. The first kappa shape index (κ1) is 13.3. The molecule has 2 rings (SSSR count). The number of carbonyl (C=O) groups excluding carboxylic acids is 1. The highest BCUT2D eigenvalue weighted by Crippen LogP contribution is 2.16. The summed E-state index contributed by atoms with van der Waals surface area (Å²) in [5, 5.41) is 0.980. The van der Waals surface area contributed by atoms with E-state index in [0.717, 1.165) is 10.9 Å². The molecule has 0 unspecified atom stereocenters. The fraction of sp³-hybridized carbons (Fsp3) is 0.357. The predicted octanol–water partition coefficient (Wildman–Crippen LogP) is 2.02. The van der Waals surface area contributed by atoms with E-state index in [-0.39, 0.29) is 18.6 Å². The van der Waals surface area contributed by atoms with E-state index in [1.165, 1.54) is 7.11 Å². The number of anilines is 1. The molecule has 0 saturated heterocycles. The van der Waals surface area contributed by atoms with Gasteiger partial charge < -0.3 is 9.64 Å². The average molecular weight is 259 g/mol. The van der Waals surface area contributed by atoms with Crippen LogP contribution in [0.15, 0.2) is 30.5 Å². The zero-order valence-electron chi connectivity index (χ0n) is 11.3. The largest absolute Gasteiger partial charge is 0.468 e. The van der Waals surface area contributed by atoms with Crippen LogP contribution in [-0.2, 0) is 9.53 Å². The van der Waals surface area contributed by atoms with E-state index in [9.17, 15) is 4.79 Å². The highest BCUT2D eigenvalue weighted by Gasteiger charge is 2.17. The van der Waals surface area contributed by atoms with Gasteiger partial charge in [0.1, 0.15) is 6.54 Å². The van der Waals surface area contributed by atoms with Gasteiger partial charge in [-0.3, -0.25) is 4.79 Å². The van der Waals surface area contributed by atoms with Crippen LogP contribution in [0.2, 0.25) is 0 Å². The smallest absolute Gasteiger partial charge is 0.325 e. The van der Waals surface area contributed by atoms with Crippen LogP contribution in [0, 0.1) is 0 Å². The standard InChI is InChI=1S/C14H17N3O2/c1-10(2)17(9-13(18)19-3)14-15-8-11-6-4-5-7-12(11)16-14/h4-8,10H,9H2,1-3H3. The molecule has 0 amide bonds. The van der Waals surface area contributed by atoms with Gasteiger partial charge in [-0.25, -0.2) is 9.97 Å². The van der Waals surface area contributed by atoms with E-state index in [1.54, 1.807) is 6.20 Å².